The molecule has 0 radical (unpaired) electrons. The number of fused-ring (bicyclic) bond motifs is 1. The summed E-state index contributed by atoms with van der Waals surface area (Å²) in [6.45, 7) is 1.84. The predicted octanol–water partition coefficient (Wildman–Crippen LogP) is 0.622. The number of rotatable bonds is 1. The zero-order valence-corrected chi connectivity index (χ0v) is 12.1. The molecule has 2 aliphatic heterocycles. The summed E-state index contributed by atoms with van der Waals surface area (Å²) in [5.74, 6) is -0.308. The van der Waals surface area contributed by atoms with Crippen molar-refractivity contribution in [3.05, 3.63) is 23.5 Å². The minimum absolute atomic E-state index is 0.187. The molecule has 7 heteroatoms. The molecule has 3 heterocycles. The Hall–Kier alpha value is -2.20. The first-order valence-corrected chi connectivity index (χ1v) is 7.34. The molecular formula is C15H17FN4O2. The number of nitrogens with one attached hydrogen (secondary N) is 1. The Morgan fingerprint density at radius 3 is 3.18 bits per heavy atom. The number of halogens is 1. The van der Waals surface area contributed by atoms with Crippen LogP contribution in [0.3, 0.4) is 0 Å². The molecule has 2 aliphatic rings. The van der Waals surface area contributed by atoms with E-state index in [-0.39, 0.29) is 12.5 Å². The van der Waals surface area contributed by atoms with Gasteiger partial charge in [0.25, 0.3) is 0 Å². The van der Waals surface area contributed by atoms with Crippen molar-refractivity contribution in [1.29, 1.82) is 5.26 Å². The second-order valence-electron chi connectivity index (χ2n) is 5.51. The maximum Gasteiger partial charge on any atom is 0.229 e. The van der Waals surface area contributed by atoms with E-state index in [2.05, 4.69) is 10.3 Å². The number of hydrogen-bond donors (Lipinski definition) is 1. The second-order valence-corrected chi connectivity index (χ2v) is 5.51. The number of piperidine rings is 1. The summed E-state index contributed by atoms with van der Waals surface area (Å²) >= 11 is 0. The largest absolute Gasteiger partial charge is 0.490 e. The summed E-state index contributed by atoms with van der Waals surface area (Å²) in [4.78, 5) is 18.2. The SMILES string of the molecule is N#Cc1cncc2c1OCCN(C(=O)C1CCNC[C@@H]1F)C2. The van der Waals surface area contributed by atoms with Crippen molar-refractivity contribution in [2.75, 3.05) is 26.2 Å². The Morgan fingerprint density at radius 1 is 1.55 bits per heavy atom. The topological polar surface area (TPSA) is 78.2 Å². The number of aromatic nitrogens is 1. The van der Waals surface area contributed by atoms with Crippen LogP contribution in [0.4, 0.5) is 4.39 Å². The number of carbonyl (C=O) groups excluding carboxylic acids is 1. The van der Waals surface area contributed by atoms with Crippen LogP contribution in [-0.4, -0.2) is 48.2 Å². The maximum absolute atomic E-state index is 14.0. The second kappa shape index (κ2) is 6.28. The van der Waals surface area contributed by atoms with Gasteiger partial charge in [0.15, 0.2) is 0 Å². The lowest BCUT2D eigenvalue weighted by Crippen LogP contribution is -2.47. The van der Waals surface area contributed by atoms with Crippen LogP contribution in [-0.2, 0) is 11.3 Å². The first kappa shape index (κ1) is 14.7. The Balaban J connectivity index is 1.81. The van der Waals surface area contributed by atoms with Crippen LogP contribution in [0.2, 0.25) is 0 Å². The first-order valence-electron chi connectivity index (χ1n) is 7.34. The van der Waals surface area contributed by atoms with Crippen LogP contribution < -0.4 is 10.1 Å². The molecule has 0 aromatic carbocycles. The summed E-state index contributed by atoms with van der Waals surface area (Å²) in [6.07, 6.45) is 2.38. The van der Waals surface area contributed by atoms with Crippen molar-refractivity contribution in [2.45, 2.75) is 19.1 Å². The van der Waals surface area contributed by atoms with Crippen molar-refractivity contribution in [1.82, 2.24) is 15.2 Å². The summed E-state index contributed by atoms with van der Waals surface area (Å²) in [7, 11) is 0. The monoisotopic (exact) mass is 304 g/mol. The van der Waals surface area contributed by atoms with Gasteiger partial charge >= 0.3 is 0 Å². The molecule has 1 unspecified atom stereocenters. The highest BCUT2D eigenvalue weighted by atomic mass is 19.1. The van der Waals surface area contributed by atoms with Crippen LogP contribution in [0.5, 0.6) is 5.75 Å². The van der Waals surface area contributed by atoms with Crippen molar-refractivity contribution >= 4 is 5.91 Å². The molecule has 0 spiro atoms. The van der Waals surface area contributed by atoms with Crippen LogP contribution >= 0.6 is 0 Å². The number of ether oxygens (including phenoxy) is 1. The average molecular weight is 304 g/mol. The molecule has 22 heavy (non-hydrogen) atoms. The van der Waals surface area contributed by atoms with E-state index >= 15 is 0 Å². The summed E-state index contributed by atoms with van der Waals surface area (Å²) < 4.78 is 19.6. The molecule has 1 aromatic rings. The van der Waals surface area contributed by atoms with Gasteiger partial charge in [-0.1, -0.05) is 0 Å². The summed E-state index contributed by atoms with van der Waals surface area (Å²) in [5, 5.41) is 12.0. The quantitative estimate of drug-likeness (QED) is 0.823. The molecule has 2 atom stereocenters. The molecule has 1 saturated heterocycles. The molecular weight excluding hydrogens is 287 g/mol. The van der Waals surface area contributed by atoms with Gasteiger partial charge < -0.3 is 15.0 Å². The Labute approximate surface area is 127 Å². The third kappa shape index (κ3) is 2.74. The van der Waals surface area contributed by atoms with Crippen molar-refractivity contribution < 1.29 is 13.9 Å². The molecule has 1 fully saturated rings. The fourth-order valence-electron chi connectivity index (χ4n) is 2.92. The Kier molecular flexibility index (Phi) is 4.20. The van der Waals surface area contributed by atoms with E-state index in [0.29, 0.717) is 49.5 Å². The van der Waals surface area contributed by atoms with Crippen LogP contribution in [0.1, 0.15) is 17.5 Å². The average Bonchev–Trinajstić information content (AvgIpc) is 2.76. The first-order chi connectivity index (χ1) is 10.7. The smallest absolute Gasteiger partial charge is 0.229 e. The number of hydrogen-bond acceptors (Lipinski definition) is 5. The third-order valence-electron chi connectivity index (χ3n) is 4.10. The highest BCUT2D eigenvalue weighted by molar-refractivity contribution is 5.80. The summed E-state index contributed by atoms with van der Waals surface area (Å²) in [5.41, 5.74) is 1.05. The molecule has 6 nitrogen and oxygen atoms in total. The van der Waals surface area contributed by atoms with Gasteiger partial charge in [0.2, 0.25) is 5.91 Å². The lowest BCUT2D eigenvalue weighted by atomic mass is 9.94. The highest BCUT2D eigenvalue weighted by Gasteiger charge is 2.35. The van der Waals surface area contributed by atoms with Gasteiger partial charge in [0.05, 0.1) is 19.0 Å². The number of nitrogens with zero attached hydrogens (tertiary/aromatic N) is 3. The molecule has 0 aliphatic carbocycles. The Bertz CT molecular complexity index is 616. The normalized spacial score (nSPS) is 24.6. The Morgan fingerprint density at radius 2 is 2.41 bits per heavy atom. The van der Waals surface area contributed by atoms with E-state index in [0.717, 1.165) is 0 Å². The van der Waals surface area contributed by atoms with Crippen molar-refractivity contribution in [3.8, 4) is 11.8 Å². The van der Waals surface area contributed by atoms with Gasteiger partial charge in [-0.25, -0.2) is 4.39 Å². The van der Waals surface area contributed by atoms with E-state index in [1.165, 1.54) is 6.20 Å². The molecule has 3 rings (SSSR count). The van der Waals surface area contributed by atoms with Crippen LogP contribution in [0.25, 0.3) is 0 Å². The lowest BCUT2D eigenvalue weighted by Gasteiger charge is -2.30. The number of alkyl halides is 1. The molecule has 1 aromatic heterocycles. The van der Waals surface area contributed by atoms with Gasteiger partial charge in [-0.05, 0) is 13.0 Å². The number of pyridine rings is 1. The standard InChI is InChI=1S/C15H17FN4O2/c16-13-8-18-2-1-12(13)15(21)20-3-4-22-14-10(5-17)6-19-7-11(14)9-20/h6-7,12-13,18H,1-4,8-9H2/t12?,13-/m0/s1. The fourth-order valence-corrected chi connectivity index (χ4v) is 2.92. The number of amides is 1. The molecule has 1 N–H and O–H groups in total. The van der Waals surface area contributed by atoms with Gasteiger partial charge in [-0.3, -0.25) is 9.78 Å². The summed E-state index contributed by atoms with van der Waals surface area (Å²) in [6, 6.07) is 2.04. The molecule has 0 saturated carbocycles. The third-order valence-corrected chi connectivity index (χ3v) is 4.10. The van der Waals surface area contributed by atoms with Crippen molar-refractivity contribution in [3.63, 3.8) is 0 Å². The van der Waals surface area contributed by atoms with E-state index in [4.69, 9.17) is 10.00 Å². The fraction of sp³-hybridized carbons (Fsp3) is 0.533. The van der Waals surface area contributed by atoms with Gasteiger partial charge in [0.1, 0.15) is 30.2 Å². The highest BCUT2D eigenvalue weighted by Crippen LogP contribution is 2.28. The number of carbonyl (C=O) groups is 1. The molecule has 116 valence electrons. The minimum atomic E-state index is -1.16. The minimum Gasteiger partial charge on any atom is -0.490 e. The van der Waals surface area contributed by atoms with E-state index in [1.54, 1.807) is 11.1 Å². The van der Waals surface area contributed by atoms with E-state index < -0.39 is 12.1 Å². The van der Waals surface area contributed by atoms with Crippen molar-refractivity contribution in [2.24, 2.45) is 5.92 Å². The molecule has 0 bridgehead atoms. The van der Waals surface area contributed by atoms with Gasteiger partial charge in [-0.2, -0.15) is 5.26 Å². The maximum atomic E-state index is 14.0. The van der Waals surface area contributed by atoms with Gasteiger partial charge in [0, 0.05) is 24.5 Å². The zero-order valence-electron chi connectivity index (χ0n) is 12.1. The lowest BCUT2D eigenvalue weighted by molar-refractivity contribution is -0.139. The van der Waals surface area contributed by atoms with Crippen LogP contribution in [0, 0.1) is 17.2 Å². The zero-order chi connectivity index (χ0) is 15.5. The van der Waals surface area contributed by atoms with Crippen LogP contribution in [0.15, 0.2) is 12.4 Å². The van der Waals surface area contributed by atoms with E-state index in [9.17, 15) is 9.18 Å². The molecule has 1 amide bonds. The van der Waals surface area contributed by atoms with E-state index in [1.807, 2.05) is 6.07 Å². The number of nitriles is 1. The predicted molar refractivity (Wildman–Crippen MR) is 75.7 cm³/mol. The van der Waals surface area contributed by atoms with Gasteiger partial charge in [-0.15, -0.1) is 0 Å².